The van der Waals surface area contributed by atoms with Gasteiger partial charge in [0.1, 0.15) is 0 Å². The van der Waals surface area contributed by atoms with Gasteiger partial charge in [-0.15, -0.1) is 0 Å². The predicted molar refractivity (Wildman–Crippen MR) is 126 cm³/mol. The summed E-state index contributed by atoms with van der Waals surface area (Å²) in [6, 6.07) is 0. The van der Waals surface area contributed by atoms with E-state index < -0.39 is 23.9 Å². The van der Waals surface area contributed by atoms with Crippen molar-refractivity contribution in [2.45, 2.75) is 59.8 Å². The zero-order valence-corrected chi connectivity index (χ0v) is 20.8. The van der Waals surface area contributed by atoms with Gasteiger partial charge in [0.05, 0.1) is 52.1 Å². The van der Waals surface area contributed by atoms with E-state index in [1.807, 2.05) is 0 Å². The third-order valence-corrected chi connectivity index (χ3v) is 5.23. The number of aromatic nitrogens is 2. The van der Waals surface area contributed by atoms with Crippen molar-refractivity contribution in [3.8, 4) is 0 Å². The Bertz CT molecular complexity index is 941. The molecule has 0 aliphatic heterocycles. The van der Waals surface area contributed by atoms with Crippen molar-refractivity contribution in [2.24, 2.45) is 0 Å². The van der Waals surface area contributed by atoms with Crippen molar-refractivity contribution in [1.29, 1.82) is 0 Å². The first kappa shape index (κ1) is 27.7. The van der Waals surface area contributed by atoms with Gasteiger partial charge in [-0.2, -0.15) is 0 Å². The van der Waals surface area contributed by atoms with E-state index in [0.717, 1.165) is 0 Å². The molecule has 0 aliphatic carbocycles. The van der Waals surface area contributed by atoms with E-state index >= 15 is 0 Å². The van der Waals surface area contributed by atoms with Crippen LogP contribution in [0.3, 0.4) is 0 Å². The van der Waals surface area contributed by atoms with E-state index in [0.29, 0.717) is 40.1 Å². The van der Waals surface area contributed by atoms with Crippen LogP contribution < -0.4 is 0 Å². The van der Waals surface area contributed by atoms with Gasteiger partial charge >= 0.3 is 23.9 Å². The van der Waals surface area contributed by atoms with Gasteiger partial charge in [-0.3, -0.25) is 19.2 Å². The van der Waals surface area contributed by atoms with E-state index in [1.165, 1.54) is 0 Å². The maximum Gasteiger partial charge on any atom is 0.310 e. The van der Waals surface area contributed by atoms with Gasteiger partial charge in [-0.1, -0.05) is 0 Å². The van der Waals surface area contributed by atoms with Crippen molar-refractivity contribution in [1.82, 2.24) is 9.97 Å². The first-order valence-electron chi connectivity index (χ1n) is 11.8. The Balaban J connectivity index is 2.40. The van der Waals surface area contributed by atoms with Gasteiger partial charge in [0.2, 0.25) is 0 Å². The molecule has 35 heavy (non-hydrogen) atoms. The van der Waals surface area contributed by atoms with Crippen LogP contribution in [0.4, 0.5) is 0 Å². The molecule has 0 aliphatic rings. The SMILES string of the molecule is CCOC(=O)Cc1c[nH]c(Cc2[nH]cc(CC(=O)OCC)c2CC(=O)OCC)c1CC(=O)OCC. The first-order valence-corrected chi connectivity index (χ1v) is 11.8. The van der Waals surface area contributed by atoms with Crippen molar-refractivity contribution in [3.05, 3.63) is 46.0 Å². The Labute approximate surface area is 204 Å². The maximum atomic E-state index is 12.3. The van der Waals surface area contributed by atoms with Crippen molar-refractivity contribution in [3.63, 3.8) is 0 Å². The second-order valence-corrected chi connectivity index (χ2v) is 7.65. The normalized spacial score (nSPS) is 10.6. The molecule has 10 heteroatoms. The Kier molecular flexibility index (Phi) is 11.1. The summed E-state index contributed by atoms with van der Waals surface area (Å²) in [5, 5.41) is 0. The lowest BCUT2D eigenvalue weighted by atomic mass is 9.98. The minimum Gasteiger partial charge on any atom is -0.466 e. The molecular formula is C25H34N2O8. The Morgan fingerprint density at radius 1 is 0.571 bits per heavy atom. The number of carbonyl (C=O) groups is 4. The molecule has 0 saturated carbocycles. The van der Waals surface area contributed by atoms with Crippen LogP contribution in [0.25, 0.3) is 0 Å². The third-order valence-electron chi connectivity index (χ3n) is 5.23. The summed E-state index contributed by atoms with van der Waals surface area (Å²) >= 11 is 0. The van der Waals surface area contributed by atoms with E-state index in [1.54, 1.807) is 40.1 Å². The van der Waals surface area contributed by atoms with Crippen LogP contribution in [0.1, 0.15) is 61.3 Å². The standard InChI is InChI=1S/C25H34N2O8/c1-5-32-22(28)9-16-14-26-20(18(16)11-24(30)34-7-3)13-21-19(12-25(31)35-8-4)17(15-27-21)10-23(29)33-6-2/h14-15,26-27H,5-13H2,1-4H3. The summed E-state index contributed by atoms with van der Waals surface area (Å²) in [5.41, 5.74) is 3.92. The van der Waals surface area contributed by atoms with Crippen LogP contribution in [0.2, 0.25) is 0 Å². The number of rotatable bonds is 14. The molecule has 0 unspecified atom stereocenters. The van der Waals surface area contributed by atoms with Gasteiger partial charge < -0.3 is 28.9 Å². The summed E-state index contributed by atoms with van der Waals surface area (Å²) in [4.78, 5) is 55.0. The lowest BCUT2D eigenvalue weighted by Gasteiger charge is -2.10. The molecule has 0 spiro atoms. The molecule has 0 radical (unpaired) electrons. The van der Waals surface area contributed by atoms with E-state index in [-0.39, 0.29) is 52.1 Å². The highest BCUT2D eigenvalue weighted by Crippen LogP contribution is 2.24. The highest BCUT2D eigenvalue weighted by atomic mass is 16.5. The van der Waals surface area contributed by atoms with Gasteiger partial charge in [0.15, 0.2) is 0 Å². The molecule has 10 nitrogen and oxygen atoms in total. The van der Waals surface area contributed by atoms with Crippen LogP contribution in [0.5, 0.6) is 0 Å². The number of hydrogen-bond acceptors (Lipinski definition) is 8. The fourth-order valence-corrected chi connectivity index (χ4v) is 3.78. The lowest BCUT2D eigenvalue weighted by Crippen LogP contribution is -2.14. The summed E-state index contributed by atoms with van der Waals surface area (Å²) < 4.78 is 20.3. The molecule has 0 fully saturated rings. The van der Waals surface area contributed by atoms with Crippen LogP contribution in [0.15, 0.2) is 12.4 Å². The molecule has 0 aromatic carbocycles. The maximum absolute atomic E-state index is 12.3. The zero-order chi connectivity index (χ0) is 25.8. The smallest absolute Gasteiger partial charge is 0.310 e. The second kappa shape index (κ2) is 14.0. The summed E-state index contributed by atoms with van der Waals surface area (Å²) in [6.45, 7) is 7.89. The number of ether oxygens (including phenoxy) is 4. The second-order valence-electron chi connectivity index (χ2n) is 7.65. The van der Waals surface area contributed by atoms with E-state index in [9.17, 15) is 19.2 Å². The molecule has 2 rings (SSSR count). The molecule has 0 amide bonds. The largest absolute Gasteiger partial charge is 0.466 e. The molecule has 0 bridgehead atoms. The average Bonchev–Trinajstić information content (AvgIpc) is 3.33. The minimum absolute atomic E-state index is 0.00754. The number of carbonyl (C=O) groups excluding carboxylic acids is 4. The van der Waals surface area contributed by atoms with Crippen LogP contribution in [-0.2, 0) is 70.2 Å². The minimum atomic E-state index is -0.417. The zero-order valence-electron chi connectivity index (χ0n) is 20.8. The van der Waals surface area contributed by atoms with E-state index in [2.05, 4.69) is 9.97 Å². The van der Waals surface area contributed by atoms with Crippen molar-refractivity contribution >= 4 is 23.9 Å². The first-order chi connectivity index (χ1) is 16.8. The third kappa shape index (κ3) is 8.31. The highest BCUT2D eigenvalue weighted by molar-refractivity contribution is 5.78. The number of hydrogen-bond donors (Lipinski definition) is 2. The summed E-state index contributed by atoms with van der Waals surface area (Å²) in [6.07, 6.45) is 3.62. The predicted octanol–water partition coefficient (Wildman–Crippen LogP) is 2.36. The van der Waals surface area contributed by atoms with Crippen LogP contribution in [0, 0.1) is 0 Å². The Morgan fingerprint density at radius 2 is 0.886 bits per heavy atom. The number of aromatic amines is 2. The number of esters is 4. The molecule has 2 heterocycles. The monoisotopic (exact) mass is 490 g/mol. The van der Waals surface area contributed by atoms with Gasteiger partial charge in [-0.05, 0) is 49.9 Å². The molecule has 2 aromatic heterocycles. The molecule has 2 aromatic rings. The molecule has 0 atom stereocenters. The van der Waals surface area contributed by atoms with Gasteiger partial charge in [-0.25, -0.2) is 0 Å². The molecule has 2 N–H and O–H groups in total. The van der Waals surface area contributed by atoms with Gasteiger partial charge in [0, 0.05) is 30.2 Å². The molecule has 192 valence electrons. The topological polar surface area (TPSA) is 137 Å². The Morgan fingerprint density at radius 3 is 1.20 bits per heavy atom. The summed E-state index contributed by atoms with van der Waals surface area (Å²) in [7, 11) is 0. The fraction of sp³-hybridized carbons (Fsp3) is 0.520. The lowest BCUT2D eigenvalue weighted by molar-refractivity contribution is -0.143. The fourth-order valence-electron chi connectivity index (χ4n) is 3.78. The number of H-pyrrole nitrogens is 2. The van der Waals surface area contributed by atoms with Crippen molar-refractivity contribution < 1.29 is 38.1 Å². The summed E-state index contributed by atoms with van der Waals surface area (Å²) in [5.74, 6) is -1.63. The molecule has 0 saturated heterocycles. The van der Waals surface area contributed by atoms with Gasteiger partial charge in [0.25, 0.3) is 0 Å². The highest BCUT2D eigenvalue weighted by Gasteiger charge is 2.22. The van der Waals surface area contributed by atoms with Crippen LogP contribution in [-0.4, -0.2) is 60.3 Å². The van der Waals surface area contributed by atoms with Crippen molar-refractivity contribution in [2.75, 3.05) is 26.4 Å². The number of nitrogens with one attached hydrogen (secondary N) is 2. The van der Waals surface area contributed by atoms with E-state index in [4.69, 9.17) is 18.9 Å². The quantitative estimate of drug-likeness (QED) is 0.304. The molecular weight excluding hydrogens is 456 g/mol. The average molecular weight is 491 g/mol. The van der Waals surface area contributed by atoms with Crippen LogP contribution >= 0.6 is 0 Å². The Hall–Kier alpha value is -3.56.